The van der Waals surface area contributed by atoms with Gasteiger partial charge in [0.15, 0.2) is 0 Å². The van der Waals surface area contributed by atoms with E-state index in [0.29, 0.717) is 24.1 Å². The Hall–Kier alpha value is -1.03. The van der Waals surface area contributed by atoms with Crippen molar-refractivity contribution in [1.82, 2.24) is 10.3 Å². The smallest absolute Gasteiger partial charge is 0.394 e. The summed E-state index contributed by atoms with van der Waals surface area (Å²) >= 11 is 0. The summed E-state index contributed by atoms with van der Waals surface area (Å²) in [6.07, 6.45) is 11.2. The number of oxazole rings is 1. The van der Waals surface area contributed by atoms with Crippen molar-refractivity contribution in [3.63, 3.8) is 0 Å². The lowest BCUT2D eigenvalue weighted by atomic mass is 9.85. The van der Waals surface area contributed by atoms with Gasteiger partial charge in [-0.15, -0.1) is 0 Å². The Balaban J connectivity index is 1.52. The van der Waals surface area contributed by atoms with Gasteiger partial charge < -0.3 is 14.5 Å². The molecule has 4 heteroatoms. The highest BCUT2D eigenvalue weighted by molar-refractivity contribution is 5.01. The molecule has 0 saturated heterocycles. The van der Waals surface area contributed by atoms with E-state index in [2.05, 4.69) is 17.2 Å². The summed E-state index contributed by atoms with van der Waals surface area (Å²) in [6.45, 7) is 3.03. The monoisotopic (exact) mass is 264 g/mol. The van der Waals surface area contributed by atoms with E-state index in [1.165, 1.54) is 38.5 Å². The third-order valence-electron chi connectivity index (χ3n) is 4.30. The van der Waals surface area contributed by atoms with Crippen LogP contribution in [0.2, 0.25) is 0 Å². The zero-order valence-electron chi connectivity index (χ0n) is 11.7. The lowest BCUT2D eigenvalue weighted by Gasteiger charge is -2.29. The van der Waals surface area contributed by atoms with Crippen molar-refractivity contribution in [3.8, 4) is 6.08 Å². The summed E-state index contributed by atoms with van der Waals surface area (Å²) in [7, 11) is 0. The number of hydrogen-bond acceptors (Lipinski definition) is 4. The van der Waals surface area contributed by atoms with E-state index < -0.39 is 0 Å². The molecule has 2 aliphatic rings. The first-order valence-electron chi connectivity index (χ1n) is 7.69. The first-order chi connectivity index (χ1) is 9.35. The molecule has 2 atom stereocenters. The molecule has 0 bridgehead atoms. The molecule has 1 heterocycles. The van der Waals surface area contributed by atoms with Crippen molar-refractivity contribution < 1.29 is 9.15 Å². The molecule has 3 rings (SSSR count). The van der Waals surface area contributed by atoms with Crippen LogP contribution in [0.5, 0.6) is 6.08 Å². The number of ether oxygens (including phenoxy) is 1. The molecule has 0 aliphatic heterocycles. The van der Waals surface area contributed by atoms with E-state index in [1.807, 2.05) is 0 Å². The molecular weight excluding hydrogens is 240 g/mol. The minimum absolute atomic E-state index is 0.293. The Bertz CT molecular complexity index is 401. The van der Waals surface area contributed by atoms with Crippen molar-refractivity contribution in [1.29, 1.82) is 0 Å². The second-order valence-electron chi connectivity index (χ2n) is 5.87. The average molecular weight is 264 g/mol. The molecule has 0 amide bonds. The van der Waals surface area contributed by atoms with Crippen LogP contribution >= 0.6 is 0 Å². The predicted octanol–water partition coefficient (Wildman–Crippen LogP) is 3.27. The molecule has 106 valence electrons. The number of rotatable bonds is 6. The Kier molecular flexibility index (Phi) is 4.06. The fourth-order valence-electron chi connectivity index (χ4n) is 2.89. The Labute approximate surface area is 114 Å². The fourth-order valence-corrected chi connectivity index (χ4v) is 2.89. The third-order valence-corrected chi connectivity index (χ3v) is 4.30. The quantitative estimate of drug-likeness (QED) is 0.856. The zero-order valence-corrected chi connectivity index (χ0v) is 11.7. The van der Waals surface area contributed by atoms with E-state index in [1.54, 1.807) is 6.26 Å². The molecule has 1 aromatic heterocycles. The van der Waals surface area contributed by atoms with Crippen LogP contribution in [0.4, 0.5) is 0 Å². The van der Waals surface area contributed by atoms with Gasteiger partial charge in [-0.25, -0.2) is 0 Å². The number of nitrogens with zero attached hydrogens (tertiary/aromatic N) is 1. The van der Waals surface area contributed by atoms with E-state index >= 15 is 0 Å². The minimum atomic E-state index is 0.293. The lowest BCUT2D eigenvalue weighted by molar-refractivity contribution is 0.0610. The molecule has 0 radical (unpaired) electrons. The normalized spacial score (nSPS) is 27.4. The van der Waals surface area contributed by atoms with Crippen molar-refractivity contribution in [2.75, 3.05) is 0 Å². The maximum Gasteiger partial charge on any atom is 0.394 e. The van der Waals surface area contributed by atoms with Gasteiger partial charge in [0.1, 0.15) is 12.4 Å². The molecule has 2 saturated carbocycles. The van der Waals surface area contributed by atoms with Gasteiger partial charge in [0.25, 0.3) is 0 Å². The second-order valence-corrected chi connectivity index (χ2v) is 5.87. The highest BCUT2D eigenvalue weighted by atomic mass is 16.6. The van der Waals surface area contributed by atoms with Gasteiger partial charge in [0.05, 0.1) is 5.69 Å². The number of aromatic nitrogens is 1. The molecule has 4 nitrogen and oxygen atoms in total. The minimum Gasteiger partial charge on any atom is -0.447 e. The summed E-state index contributed by atoms with van der Waals surface area (Å²) in [4.78, 5) is 4.42. The first-order valence-corrected chi connectivity index (χ1v) is 7.69. The van der Waals surface area contributed by atoms with Gasteiger partial charge in [0, 0.05) is 12.6 Å². The summed E-state index contributed by atoms with van der Waals surface area (Å²) in [5.41, 5.74) is 0.950. The molecule has 1 N–H and O–H groups in total. The van der Waals surface area contributed by atoms with Crippen molar-refractivity contribution >= 4 is 0 Å². The molecule has 2 unspecified atom stereocenters. The van der Waals surface area contributed by atoms with Gasteiger partial charge >= 0.3 is 6.08 Å². The summed E-state index contributed by atoms with van der Waals surface area (Å²) in [5.74, 6) is 0.661. The molecule has 2 aliphatic carbocycles. The predicted molar refractivity (Wildman–Crippen MR) is 73.0 cm³/mol. The Morgan fingerprint density at radius 1 is 1.32 bits per heavy atom. The van der Waals surface area contributed by atoms with Crippen LogP contribution in [0.15, 0.2) is 10.7 Å². The zero-order chi connectivity index (χ0) is 13.1. The lowest BCUT2D eigenvalue weighted by Crippen LogP contribution is -2.30. The molecule has 1 aromatic rings. The second kappa shape index (κ2) is 5.95. The van der Waals surface area contributed by atoms with Gasteiger partial charge in [-0.2, -0.15) is 4.98 Å². The summed E-state index contributed by atoms with van der Waals surface area (Å²) in [6, 6.07) is 0.698. The van der Waals surface area contributed by atoms with Gasteiger partial charge in [0.2, 0.25) is 0 Å². The molecule has 0 spiro atoms. The first kappa shape index (κ1) is 13.0. The molecular formula is C15H24N2O2. The number of hydrogen-bond donors (Lipinski definition) is 1. The van der Waals surface area contributed by atoms with E-state index in [-0.39, 0.29) is 0 Å². The summed E-state index contributed by atoms with van der Waals surface area (Å²) in [5, 5.41) is 3.43. The van der Waals surface area contributed by atoms with Crippen LogP contribution < -0.4 is 10.1 Å². The van der Waals surface area contributed by atoms with Crippen LogP contribution in [-0.2, 0) is 6.54 Å². The summed E-state index contributed by atoms with van der Waals surface area (Å²) < 4.78 is 11.4. The van der Waals surface area contributed by atoms with Crippen LogP contribution in [0.1, 0.15) is 57.6 Å². The maximum atomic E-state index is 5.96. The molecule has 19 heavy (non-hydrogen) atoms. The topological polar surface area (TPSA) is 47.3 Å². The van der Waals surface area contributed by atoms with Crippen molar-refractivity contribution in [2.45, 2.75) is 70.6 Å². The number of nitrogens with one attached hydrogen (secondary N) is 1. The van der Waals surface area contributed by atoms with Crippen molar-refractivity contribution in [3.05, 3.63) is 12.0 Å². The highest BCUT2D eigenvalue weighted by Crippen LogP contribution is 2.30. The van der Waals surface area contributed by atoms with E-state index in [9.17, 15) is 0 Å². The van der Waals surface area contributed by atoms with E-state index in [0.717, 1.165) is 18.7 Å². The maximum absolute atomic E-state index is 5.96. The average Bonchev–Trinajstić information content (AvgIpc) is 3.17. The van der Waals surface area contributed by atoms with Crippen molar-refractivity contribution in [2.24, 2.45) is 5.92 Å². The standard InChI is InChI=1S/C15H24N2O2/c1-2-11-5-3-4-6-14(11)19-15-17-13(10-18-15)9-16-12-7-8-12/h10-12,14,16H,2-9H2,1H3. The third kappa shape index (κ3) is 3.50. The molecule has 0 aromatic carbocycles. The Morgan fingerprint density at radius 2 is 2.16 bits per heavy atom. The Morgan fingerprint density at radius 3 is 2.95 bits per heavy atom. The largest absolute Gasteiger partial charge is 0.447 e. The van der Waals surface area contributed by atoms with Crippen LogP contribution in [0, 0.1) is 5.92 Å². The fraction of sp³-hybridized carbons (Fsp3) is 0.800. The SMILES string of the molecule is CCC1CCCCC1Oc1nc(CNC2CC2)co1. The van der Waals surface area contributed by atoms with Gasteiger partial charge in [-0.3, -0.25) is 0 Å². The molecule has 2 fully saturated rings. The van der Waals surface area contributed by atoms with Gasteiger partial charge in [-0.05, 0) is 44.4 Å². The highest BCUT2D eigenvalue weighted by Gasteiger charge is 2.27. The van der Waals surface area contributed by atoms with Crippen LogP contribution in [0.3, 0.4) is 0 Å². The van der Waals surface area contributed by atoms with E-state index in [4.69, 9.17) is 9.15 Å². The van der Waals surface area contributed by atoms with Crippen LogP contribution in [0.25, 0.3) is 0 Å². The van der Waals surface area contributed by atoms with Gasteiger partial charge in [-0.1, -0.05) is 13.3 Å². The van der Waals surface area contributed by atoms with Crippen LogP contribution in [-0.4, -0.2) is 17.1 Å².